The zero-order chi connectivity index (χ0) is 9.19. The van der Waals surface area contributed by atoms with Crippen LogP contribution in [0.15, 0.2) is 28.7 Å². The largest absolute Gasteiger partial charge is 0.325 e. The van der Waals surface area contributed by atoms with Gasteiger partial charge in [0.15, 0.2) is 0 Å². The maximum absolute atomic E-state index is 12.9. The van der Waals surface area contributed by atoms with Crippen molar-refractivity contribution in [1.29, 1.82) is 0 Å². The van der Waals surface area contributed by atoms with Crippen LogP contribution >= 0.6 is 28.3 Å². The number of halogens is 4. The summed E-state index contributed by atoms with van der Waals surface area (Å²) in [7, 11) is 0. The van der Waals surface area contributed by atoms with Gasteiger partial charge in [-0.2, -0.15) is 8.78 Å². The zero-order valence-electron chi connectivity index (χ0n) is 6.64. The first-order valence-corrected chi connectivity index (χ1v) is 4.19. The molecule has 1 rings (SSSR count). The van der Waals surface area contributed by atoms with Crippen molar-refractivity contribution in [3.05, 3.63) is 34.3 Å². The molecule has 0 radical (unpaired) electrons. The number of alkyl halides is 2. The van der Waals surface area contributed by atoms with Crippen molar-refractivity contribution in [3.8, 4) is 0 Å². The first-order chi connectivity index (χ1) is 5.56. The summed E-state index contributed by atoms with van der Waals surface area (Å²) in [5, 5.41) is 0. The van der Waals surface area contributed by atoms with Crippen LogP contribution in [0.25, 0.3) is 0 Å². The fraction of sp³-hybridized carbons (Fsp3) is 0.250. The van der Waals surface area contributed by atoms with E-state index in [1.807, 2.05) is 0 Å². The third kappa shape index (κ3) is 3.21. The van der Waals surface area contributed by atoms with Crippen LogP contribution in [0.3, 0.4) is 0 Å². The van der Waals surface area contributed by atoms with Crippen molar-refractivity contribution >= 4 is 28.3 Å². The molecule has 1 aromatic carbocycles. The first-order valence-electron chi connectivity index (χ1n) is 3.40. The lowest BCUT2D eigenvalue weighted by Gasteiger charge is -2.13. The molecule has 2 N–H and O–H groups in total. The van der Waals surface area contributed by atoms with Crippen molar-refractivity contribution in [3.63, 3.8) is 0 Å². The Morgan fingerprint density at radius 3 is 2.46 bits per heavy atom. The highest BCUT2D eigenvalue weighted by molar-refractivity contribution is 9.10. The summed E-state index contributed by atoms with van der Waals surface area (Å²) in [6, 6.07) is 5.98. The molecule has 0 bridgehead atoms. The van der Waals surface area contributed by atoms with Gasteiger partial charge in [0.25, 0.3) is 5.92 Å². The van der Waals surface area contributed by atoms with Crippen molar-refractivity contribution < 1.29 is 8.78 Å². The summed E-state index contributed by atoms with van der Waals surface area (Å²) in [5.41, 5.74) is 4.87. The molecular formula is C8H9BrClF2N. The van der Waals surface area contributed by atoms with Gasteiger partial charge in [-0.05, 0) is 12.1 Å². The molecule has 74 valence electrons. The highest BCUT2D eigenvalue weighted by Gasteiger charge is 2.29. The van der Waals surface area contributed by atoms with Crippen LogP contribution in [0.2, 0.25) is 0 Å². The fourth-order valence-corrected chi connectivity index (χ4v) is 1.23. The van der Waals surface area contributed by atoms with Crippen LogP contribution in [0.4, 0.5) is 8.78 Å². The van der Waals surface area contributed by atoms with Crippen LogP contribution in [0.1, 0.15) is 5.56 Å². The van der Waals surface area contributed by atoms with E-state index in [0.29, 0.717) is 4.47 Å². The number of rotatable bonds is 2. The van der Waals surface area contributed by atoms with E-state index in [9.17, 15) is 8.78 Å². The second-order valence-electron chi connectivity index (χ2n) is 2.42. The maximum atomic E-state index is 12.9. The lowest BCUT2D eigenvalue weighted by Crippen LogP contribution is -2.24. The number of nitrogens with two attached hydrogens (primary N) is 1. The minimum atomic E-state index is -2.93. The molecule has 0 saturated heterocycles. The molecule has 0 aliphatic carbocycles. The van der Waals surface area contributed by atoms with E-state index in [0.717, 1.165) is 0 Å². The highest BCUT2D eigenvalue weighted by Crippen LogP contribution is 2.28. The number of hydrogen-bond donors (Lipinski definition) is 1. The third-order valence-corrected chi connectivity index (χ3v) is 2.00. The summed E-state index contributed by atoms with van der Waals surface area (Å²) in [5.74, 6) is -2.93. The Labute approximate surface area is 89.9 Å². The second-order valence-corrected chi connectivity index (χ2v) is 3.33. The standard InChI is InChI=1S/C8H8BrF2N.ClH/c9-7-3-1-2-6(4-7)8(10,11)5-12;/h1-4H,5,12H2;1H. The van der Waals surface area contributed by atoms with E-state index in [4.69, 9.17) is 5.73 Å². The van der Waals surface area contributed by atoms with Gasteiger partial charge in [0, 0.05) is 10.0 Å². The van der Waals surface area contributed by atoms with Crippen molar-refractivity contribution in [2.75, 3.05) is 6.54 Å². The van der Waals surface area contributed by atoms with Gasteiger partial charge in [-0.25, -0.2) is 0 Å². The molecule has 0 aliphatic heterocycles. The lowest BCUT2D eigenvalue weighted by atomic mass is 10.1. The molecule has 0 unspecified atom stereocenters. The quantitative estimate of drug-likeness (QED) is 0.880. The van der Waals surface area contributed by atoms with Crippen LogP contribution in [-0.2, 0) is 5.92 Å². The van der Waals surface area contributed by atoms with Gasteiger partial charge in [-0.3, -0.25) is 0 Å². The minimum absolute atomic E-state index is 0. The summed E-state index contributed by atoms with van der Waals surface area (Å²) >= 11 is 3.11. The zero-order valence-corrected chi connectivity index (χ0v) is 9.04. The molecule has 0 heterocycles. The molecule has 0 fully saturated rings. The Hall–Kier alpha value is -0.190. The Morgan fingerprint density at radius 2 is 2.00 bits per heavy atom. The van der Waals surface area contributed by atoms with Crippen molar-refractivity contribution in [2.45, 2.75) is 5.92 Å². The molecule has 1 aromatic rings. The molecule has 0 saturated carbocycles. The highest BCUT2D eigenvalue weighted by atomic mass is 79.9. The van der Waals surface area contributed by atoms with Gasteiger partial charge in [-0.15, -0.1) is 12.4 Å². The van der Waals surface area contributed by atoms with E-state index in [2.05, 4.69) is 15.9 Å². The molecule has 0 aromatic heterocycles. The monoisotopic (exact) mass is 271 g/mol. The number of benzene rings is 1. The summed E-state index contributed by atoms with van der Waals surface area (Å²) in [6.45, 7) is -0.663. The SMILES string of the molecule is Cl.NCC(F)(F)c1cccc(Br)c1. The van der Waals surface area contributed by atoms with E-state index in [1.165, 1.54) is 12.1 Å². The normalized spacial score (nSPS) is 10.8. The molecule has 0 amide bonds. The van der Waals surface area contributed by atoms with Crippen molar-refractivity contribution in [1.82, 2.24) is 0 Å². The van der Waals surface area contributed by atoms with E-state index >= 15 is 0 Å². The summed E-state index contributed by atoms with van der Waals surface area (Å²) < 4.78 is 26.5. The van der Waals surface area contributed by atoms with Gasteiger partial charge < -0.3 is 5.73 Å². The minimum Gasteiger partial charge on any atom is -0.325 e. The van der Waals surface area contributed by atoms with E-state index in [1.54, 1.807) is 12.1 Å². The smallest absolute Gasteiger partial charge is 0.285 e. The van der Waals surface area contributed by atoms with Gasteiger partial charge in [0.2, 0.25) is 0 Å². The molecule has 5 heteroatoms. The van der Waals surface area contributed by atoms with Crippen LogP contribution in [0, 0.1) is 0 Å². The van der Waals surface area contributed by atoms with Crippen LogP contribution in [0.5, 0.6) is 0 Å². The van der Waals surface area contributed by atoms with Gasteiger partial charge in [0.1, 0.15) is 0 Å². The molecule has 0 aliphatic rings. The first kappa shape index (κ1) is 12.8. The summed E-state index contributed by atoms with van der Waals surface area (Å²) in [4.78, 5) is 0. The Balaban J connectivity index is 0.00000144. The maximum Gasteiger partial charge on any atom is 0.285 e. The Morgan fingerprint density at radius 1 is 1.38 bits per heavy atom. The molecule has 13 heavy (non-hydrogen) atoms. The Kier molecular flexibility index (Phi) is 4.81. The van der Waals surface area contributed by atoms with E-state index < -0.39 is 12.5 Å². The van der Waals surface area contributed by atoms with Gasteiger partial charge >= 0.3 is 0 Å². The summed E-state index contributed by atoms with van der Waals surface area (Å²) in [6.07, 6.45) is 0. The lowest BCUT2D eigenvalue weighted by molar-refractivity contribution is 0.00589. The Bertz CT molecular complexity index is 281. The topological polar surface area (TPSA) is 26.0 Å². The average Bonchev–Trinajstić information content (AvgIpc) is 2.05. The molecular weight excluding hydrogens is 263 g/mol. The molecule has 0 atom stereocenters. The second kappa shape index (κ2) is 4.88. The molecule has 1 nitrogen and oxygen atoms in total. The van der Waals surface area contributed by atoms with E-state index in [-0.39, 0.29) is 18.0 Å². The third-order valence-electron chi connectivity index (χ3n) is 1.50. The predicted molar refractivity (Wildman–Crippen MR) is 54.3 cm³/mol. The fourth-order valence-electron chi connectivity index (χ4n) is 0.834. The number of hydrogen-bond acceptors (Lipinski definition) is 1. The van der Waals surface area contributed by atoms with Gasteiger partial charge in [0.05, 0.1) is 6.54 Å². The predicted octanol–water partition coefficient (Wildman–Crippen LogP) is 2.92. The molecule has 0 spiro atoms. The van der Waals surface area contributed by atoms with Crippen LogP contribution in [-0.4, -0.2) is 6.54 Å². The van der Waals surface area contributed by atoms with Crippen LogP contribution < -0.4 is 5.73 Å². The average molecular weight is 273 g/mol. The van der Waals surface area contributed by atoms with Crippen molar-refractivity contribution in [2.24, 2.45) is 5.73 Å². The van der Waals surface area contributed by atoms with Gasteiger partial charge in [-0.1, -0.05) is 28.1 Å².